The molecular weight excluding hydrogens is 372 g/mol. The Bertz CT molecular complexity index is 704. The van der Waals surface area contributed by atoms with E-state index in [2.05, 4.69) is 0 Å². The zero-order valence-corrected chi connectivity index (χ0v) is 16.4. The molecule has 3 rings (SSSR count). The van der Waals surface area contributed by atoms with E-state index in [1.165, 1.54) is 20.8 Å². The molecule has 0 bridgehead atoms. The van der Waals surface area contributed by atoms with E-state index in [1.54, 1.807) is 0 Å². The van der Waals surface area contributed by atoms with Crippen molar-refractivity contribution in [1.29, 1.82) is 0 Å². The number of Topliss-reactive ketones (excluding diaryl/α,β-unsaturated/α-hetero) is 1. The van der Waals surface area contributed by atoms with Crippen LogP contribution in [0.3, 0.4) is 0 Å². The number of hydrogen-bond acceptors (Lipinski definition) is 9. The number of carbonyl (C=O) groups excluding carboxylic acids is 4. The summed E-state index contributed by atoms with van der Waals surface area (Å²) in [6, 6.07) is 0. The molecule has 0 aromatic rings. The lowest BCUT2D eigenvalue weighted by atomic mass is 9.75. The average Bonchev–Trinajstić information content (AvgIpc) is 3.12. The summed E-state index contributed by atoms with van der Waals surface area (Å²) in [5.41, 5.74) is -2.22. The number of rotatable bonds is 3. The lowest BCUT2D eigenvalue weighted by Gasteiger charge is -2.36. The van der Waals surface area contributed by atoms with Crippen LogP contribution in [0.2, 0.25) is 0 Å². The first kappa shape index (κ1) is 20.7. The topological polar surface area (TPSA) is 129 Å². The van der Waals surface area contributed by atoms with Gasteiger partial charge in [0.2, 0.25) is 0 Å². The lowest BCUT2D eigenvalue weighted by molar-refractivity contribution is -0.173. The van der Waals surface area contributed by atoms with Gasteiger partial charge in [0.25, 0.3) is 0 Å². The van der Waals surface area contributed by atoms with Gasteiger partial charge in [-0.1, -0.05) is 0 Å². The lowest BCUT2D eigenvalue weighted by Crippen LogP contribution is -2.50. The minimum absolute atomic E-state index is 0.0956. The third-order valence-corrected chi connectivity index (χ3v) is 5.98. The zero-order valence-electron chi connectivity index (χ0n) is 16.4. The second kappa shape index (κ2) is 7.11. The highest BCUT2D eigenvalue weighted by Gasteiger charge is 2.66. The molecule has 9 heteroatoms. The van der Waals surface area contributed by atoms with Crippen molar-refractivity contribution in [2.24, 2.45) is 11.8 Å². The third-order valence-electron chi connectivity index (χ3n) is 5.98. The number of aliphatic hydroxyl groups excluding tert-OH is 1. The first-order valence-electron chi connectivity index (χ1n) is 9.40. The van der Waals surface area contributed by atoms with Crippen LogP contribution >= 0.6 is 0 Å². The molecule has 1 N–H and O–H groups in total. The summed E-state index contributed by atoms with van der Waals surface area (Å²) in [6.07, 6.45) is -1.83. The van der Waals surface area contributed by atoms with Gasteiger partial charge in [0.15, 0.2) is 11.4 Å². The summed E-state index contributed by atoms with van der Waals surface area (Å²) in [6.45, 7) is 5.19. The maximum Gasteiger partial charge on any atom is 0.312 e. The number of carbonyl (C=O) groups is 4. The largest absolute Gasteiger partial charge is 0.462 e. The molecule has 0 amide bonds. The molecule has 2 heterocycles. The second-order valence-corrected chi connectivity index (χ2v) is 8.22. The van der Waals surface area contributed by atoms with Gasteiger partial charge in [-0.15, -0.1) is 0 Å². The van der Waals surface area contributed by atoms with E-state index < -0.39 is 65.9 Å². The smallest absolute Gasteiger partial charge is 0.312 e. The molecule has 1 saturated carbocycles. The molecular formula is C19H26O9. The van der Waals surface area contributed by atoms with Crippen molar-refractivity contribution >= 4 is 23.7 Å². The summed E-state index contributed by atoms with van der Waals surface area (Å²) < 4.78 is 22.1. The minimum atomic E-state index is -1.54. The van der Waals surface area contributed by atoms with Crippen molar-refractivity contribution in [3.63, 3.8) is 0 Å². The molecule has 28 heavy (non-hydrogen) atoms. The Hall–Kier alpha value is -2.00. The fourth-order valence-corrected chi connectivity index (χ4v) is 4.50. The summed E-state index contributed by atoms with van der Waals surface area (Å²) in [4.78, 5) is 48.7. The van der Waals surface area contributed by atoms with Gasteiger partial charge in [0.1, 0.15) is 18.3 Å². The Morgan fingerprint density at radius 1 is 1.21 bits per heavy atom. The Balaban J connectivity index is 2.04. The molecule has 2 aliphatic heterocycles. The molecule has 0 aromatic carbocycles. The SMILES string of the molecule is CC(=O)O[C@H]1C[C@@](C)(OC(C)=O)C(=O)CC[C@@]2(C)O[C@@H]2[C@H]2OC(=O)[C@H](CO)[C@@H]21. The molecule has 3 fully saturated rings. The van der Waals surface area contributed by atoms with E-state index in [1.807, 2.05) is 6.92 Å². The van der Waals surface area contributed by atoms with Crippen molar-refractivity contribution in [3.05, 3.63) is 0 Å². The molecule has 0 unspecified atom stereocenters. The van der Waals surface area contributed by atoms with Crippen LogP contribution in [-0.2, 0) is 38.1 Å². The molecule has 7 atom stereocenters. The zero-order chi connectivity index (χ0) is 20.9. The Labute approximate surface area is 162 Å². The molecule has 2 saturated heterocycles. The maximum atomic E-state index is 12.9. The van der Waals surface area contributed by atoms with E-state index in [-0.39, 0.29) is 18.6 Å². The van der Waals surface area contributed by atoms with Crippen molar-refractivity contribution in [1.82, 2.24) is 0 Å². The van der Waals surface area contributed by atoms with Crippen LogP contribution in [0, 0.1) is 11.8 Å². The van der Waals surface area contributed by atoms with Crippen LogP contribution < -0.4 is 0 Å². The first-order chi connectivity index (χ1) is 13.0. The predicted octanol–water partition coefficient (Wildman–Crippen LogP) is 0.301. The second-order valence-electron chi connectivity index (χ2n) is 8.22. The highest BCUT2D eigenvalue weighted by atomic mass is 16.7. The van der Waals surface area contributed by atoms with Crippen LogP contribution in [0.4, 0.5) is 0 Å². The van der Waals surface area contributed by atoms with Crippen LogP contribution in [0.5, 0.6) is 0 Å². The van der Waals surface area contributed by atoms with Gasteiger partial charge in [0.05, 0.1) is 24.0 Å². The average molecular weight is 398 g/mol. The van der Waals surface area contributed by atoms with Gasteiger partial charge in [-0.25, -0.2) is 0 Å². The van der Waals surface area contributed by atoms with Crippen molar-refractivity contribution in [2.45, 2.75) is 76.5 Å². The Kier molecular flexibility index (Phi) is 5.26. The number of esters is 3. The molecule has 0 aromatic heterocycles. The maximum absolute atomic E-state index is 12.9. The van der Waals surface area contributed by atoms with Crippen LogP contribution in [0.25, 0.3) is 0 Å². The highest BCUT2D eigenvalue weighted by molar-refractivity contribution is 5.89. The molecule has 0 radical (unpaired) electrons. The molecule has 9 nitrogen and oxygen atoms in total. The van der Waals surface area contributed by atoms with E-state index in [9.17, 15) is 24.3 Å². The molecule has 1 aliphatic carbocycles. The fraction of sp³-hybridized carbons (Fsp3) is 0.789. The van der Waals surface area contributed by atoms with Crippen LogP contribution in [-0.4, -0.2) is 64.9 Å². The van der Waals surface area contributed by atoms with Crippen molar-refractivity contribution in [3.8, 4) is 0 Å². The fourth-order valence-electron chi connectivity index (χ4n) is 4.50. The number of fused-ring (bicyclic) bond motifs is 3. The van der Waals surface area contributed by atoms with Crippen molar-refractivity contribution < 1.29 is 43.2 Å². The third kappa shape index (κ3) is 3.65. The van der Waals surface area contributed by atoms with Gasteiger partial charge in [-0.2, -0.15) is 0 Å². The van der Waals surface area contributed by atoms with E-state index in [4.69, 9.17) is 18.9 Å². The molecule has 156 valence electrons. The highest BCUT2D eigenvalue weighted by Crippen LogP contribution is 2.51. The summed E-state index contributed by atoms with van der Waals surface area (Å²) in [5, 5.41) is 9.77. The van der Waals surface area contributed by atoms with E-state index >= 15 is 0 Å². The van der Waals surface area contributed by atoms with Crippen LogP contribution in [0.1, 0.15) is 47.0 Å². The number of aliphatic hydroxyl groups is 1. The van der Waals surface area contributed by atoms with Crippen LogP contribution in [0.15, 0.2) is 0 Å². The summed E-state index contributed by atoms with van der Waals surface area (Å²) >= 11 is 0. The van der Waals surface area contributed by atoms with Crippen molar-refractivity contribution in [2.75, 3.05) is 6.61 Å². The minimum Gasteiger partial charge on any atom is -0.462 e. The van der Waals surface area contributed by atoms with Gasteiger partial charge in [0, 0.05) is 26.7 Å². The number of ketones is 1. The predicted molar refractivity (Wildman–Crippen MR) is 91.8 cm³/mol. The van der Waals surface area contributed by atoms with Gasteiger partial charge < -0.3 is 24.1 Å². The Morgan fingerprint density at radius 3 is 2.46 bits per heavy atom. The summed E-state index contributed by atoms with van der Waals surface area (Å²) in [5.74, 6) is -3.84. The van der Waals surface area contributed by atoms with E-state index in [0.29, 0.717) is 6.42 Å². The quantitative estimate of drug-likeness (QED) is 0.405. The molecule has 0 spiro atoms. The van der Waals surface area contributed by atoms with Gasteiger partial charge >= 0.3 is 17.9 Å². The summed E-state index contributed by atoms with van der Waals surface area (Å²) in [7, 11) is 0. The van der Waals surface area contributed by atoms with E-state index in [0.717, 1.165) is 0 Å². The monoisotopic (exact) mass is 398 g/mol. The molecule has 3 aliphatic rings. The first-order valence-corrected chi connectivity index (χ1v) is 9.40. The van der Waals surface area contributed by atoms with Gasteiger partial charge in [-0.3, -0.25) is 19.2 Å². The number of ether oxygens (including phenoxy) is 4. The normalized spacial score (nSPS) is 42.7. The number of hydrogen-bond donors (Lipinski definition) is 1. The Morgan fingerprint density at radius 2 is 1.89 bits per heavy atom. The number of epoxide rings is 1. The standard InChI is InChI=1S/C19H26O9/c1-9(21)25-12-7-19(4,27-10(2)22)13(23)5-6-18(3)16(28-18)15-14(12)11(8-20)17(24)26-15/h11-12,14-16,20H,5-8H2,1-4H3/t11-,12+,14-,15+,16-,18-,19-/m1/s1. The van der Waals surface area contributed by atoms with Gasteiger partial charge in [-0.05, 0) is 20.3 Å².